The molecule has 2 amide bonds. The lowest BCUT2D eigenvalue weighted by Crippen LogP contribution is -2.30. The molecule has 3 rings (SSSR count). The number of rotatable bonds is 2. The molecule has 0 spiro atoms. The number of halogens is 2. The van der Waals surface area contributed by atoms with Gasteiger partial charge < -0.3 is 10.6 Å². The summed E-state index contributed by atoms with van der Waals surface area (Å²) in [5.41, 5.74) is 1.62. The van der Waals surface area contributed by atoms with Gasteiger partial charge >= 0.3 is 0 Å². The first-order chi connectivity index (χ1) is 10.5. The Bertz CT molecular complexity index is 746. The first kappa shape index (κ1) is 14.7. The van der Waals surface area contributed by atoms with E-state index in [1.807, 2.05) is 12.1 Å². The predicted octanol–water partition coefficient (Wildman–Crippen LogP) is 3.65. The van der Waals surface area contributed by atoms with E-state index in [1.54, 1.807) is 12.1 Å². The number of fused-ring (bicyclic) bond motifs is 1. The van der Waals surface area contributed by atoms with Crippen LogP contribution >= 0.6 is 15.9 Å². The van der Waals surface area contributed by atoms with Crippen molar-refractivity contribution in [2.24, 2.45) is 0 Å². The van der Waals surface area contributed by atoms with Crippen molar-refractivity contribution in [1.29, 1.82) is 0 Å². The van der Waals surface area contributed by atoms with Gasteiger partial charge in [-0.25, -0.2) is 4.39 Å². The lowest BCUT2D eigenvalue weighted by Gasteiger charge is -2.24. The Hall–Kier alpha value is -2.21. The van der Waals surface area contributed by atoms with Crippen LogP contribution in [0.1, 0.15) is 17.9 Å². The second kappa shape index (κ2) is 5.88. The molecule has 1 atom stereocenters. The number of amides is 2. The monoisotopic (exact) mass is 362 g/mol. The number of anilines is 2. The van der Waals surface area contributed by atoms with Crippen molar-refractivity contribution >= 4 is 39.1 Å². The third kappa shape index (κ3) is 3.01. The van der Waals surface area contributed by atoms with Crippen LogP contribution in [0.25, 0.3) is 0 Å². The van der Waals surface area contributed by atoms with Gasteiger partial charge in [-0.2, -0.15) is 0 Å². The zero-order valence-corrected chi connectivity index (χ0v) is 13.0. The molecular formula is C16H12BrFN2O2. The molecular weight excluding hydrogens is 351 g/mol. The molecule has 0 saturated carbocycles. The van der Waals surface area contributed by atoms with Crippen LogP contribution < -0.4 is 10.6 Å². The highest BCUT2D eigenvalue weighted by atomic mass is 79.9. The smallest absolute Gasteiger partial charge is 0.232 e. The maximum absolute atomic E-state index is 13.3. The van der Waals surface area contributed by atoms with Crippen LogP contribution in [0, 0.1) is 5.82 Å². The molecule has 2 N–H and O–H groups in total. The van der Waals surface area contributed by atoms with Gasteiger partial charge in [0, 0.05) is 22.3 Å². The summed E-state index contributed by atoms with van der Waals surface area (Å²) in [5, 5.41) is 5.37. The van der Waals surface area contributed by atoms with Crippen LogP contribution in [0.15, 0.2) is 46.9 Å². The lowest BCUT2D eigenvalue weighted by molar-refractivity contribution is -0.123. The fraction of sp³-hybridized carbons (Fsp3) is 0.125. The van der Waals surface area contributed by atoms with Crippen LogP contribution in [0.2, 0.25) is 0 Å². The summed E-state index contributed by atoms with van der Waals surface area (Å²) in [7, 11) is 0. The molecule has 0 radical (unpaired) electrons. The summed E-state index contributed by atoms with van der Waals surface area (Å²) < 4.78 is 14.2. The van der Waals surface area contributed by atoms with Gasteiger partial charge in [-0.3, -0.25) is 9.59 Å². The number of carbonyl (C=O) groups excluding carboxylic acids is 2. The molecule has 4 nitrogen and oxygen atoms in total. The van der Waals surface area contributed by atoms with Gasteiger partial charge in [0.25, 0.3) is 0 Å². The van der Waals surface area contributed by atoms with Crippen LogP contribution in [0.5, 0.6) is 0 Å². The highest BCUT2D eigenvalue weighted by Gasteiger charge is 2.30. The van der Waals surface area contributed by atoms with E-state index in [9.17, 15) is 14.0 Å². The Morgan fingerprint density at radius 3 is 2.68 bits per heavy atom. The summed E-state index contributed by atoms with van der Waals surface area (Å²) in [4.78, 5) is 24.2. The minimum Gasteiger partial charge on any atom is -0.326 e. The van der Waals surface area contributed by atoms with Crippen molar-refractivity contribution in [3.05, 3.63) is 58.3 Å². The number of hydrogen-bond acceptors (Lipinski definition) is 2. The summed E-state index contributed by atoms with van der Waals surface area (Å²) in [6.07, 6.45) is 0.0427. The average Bonchev–Trinajstić information content (AvgIpc) is 2.48. The Kier molecular flexibility index (Phi) is 3.94. The van der Waals surface area contributed by atoms with Crippen LogP contribution in [0.3, 0.4) is 0 Å². The molecule has 0 unspecified atom stereocenters. The third-order valence-electron chi connectivity index (χ3n) is 3.48. The van der Waals surface area contributed by atoms with Crippen LogP contribution in [-0.2, 0) is 9.59 Å². The maximum Gasteiger partial charge on any atom is 0.232 e. The molecule has 0 bridgehead atoms. The van der Waals surface area contributed by atoms with Crippen molar-refractivity contribution in [2.45, 2.75) is 12.3 Å². The molecule has 1 heterocycles. The Balaban J connectivity index is 1.86. The van der Waals surface area contributed by atoms with Crippen molar-refractivity contribution in [3.63, 3.8) is 0 Å². The fourth-order valence-electron chi connectivity index (χ4n) is 2.43. The highest BCUT2D eigenvalue weighted by molar-refractivity contribution is 9.10. The fourth-order valence-corrected chi connectivity index (χ4v) is 2.70. The van der Waals surface area contributed by atoms with E-state index in [0.29, 0.717) is 16.9 Å². The maximum atomic E-state index is 13.3. The Labute approximate surface area is 134 Å². The minimum atomic E-state index is -0.631. The molecule has 112 valence electrons. The first-order valence-corrected chi connectivity index (χ1v) is 7.48. The van der Waals surface area contributed by atoms with Crippen LogP contribution in [-0.4, -0.2) is 11.8 Å². The molecule has 0 aromatic heterocycles. The minimum absolute atomic E-state index is 0.0427. The van der Waals surface area contributed by atoms with Gasteiger partial charge in [-0.05, 0) is 42.0 Å². The predicted molar refractivity (Wildman–Crippen MR) is 85.2 cm³/mol. The second-order valence-electron chi connectivity index (χ2n) is 5.03. The van der Waals surface area contributed by atoms with Crippen molar-refractivity contribution < 1.29 is 14.0 Å². The summed E-state index contributed by atoms with van der Waals surface area (Å²) in [5.74, 6) is -1.67. The molecule has 6 heteroatoms. The van der Waals surface area contributed by atoms with Gasteiger partial charge in [-0.1, -0.05) is 22.0 Å². The molecule has 0 fully saturated rings. The standard InChI is InChI=1S/C16H12BrFN2O2/c17-9-1-4-11(5-2-9)19-16(22)13-8-15(21)20-14-7-10(18)3-6-12(13)14/h1-7,13H,8H2,(H,19,22)(H,20,21)/t13-/m1/s1. The number of nitrogens with one attached hydrogen (secondary N) is 2. The molecule has 2 aromatic rings. The molecule has 22 heavy (non-hydrogen) atoms. The van der Waals surface area contributed by atoms with Crippen molar-refractivity contribution in [1.82, 2.24) is 0 Å². The number of carbonyl (C=O) groups is 2. The number of benzene rings is 2. The van der Waals surface area contributed by atoms with Gasteiger partial charge in [-0.15, -0.1) is 0 Å². The molecule has 0 saturated heterocycles. The summed E-state index contributed by atoms with van der Waals surface area (Å²) in [6, 6.07) is 11.2. The lowest BCUT2D eigenvalue weighted by atomic mass is 9.89. The van der Waals surface area contributed by atoms with Crippen molar-refractivity contribution in [2.75, 3.05) is 10.6 Å². The van der Waals surface area contributed by atoms with Crippen molar-refractivity contribution in [3.8, 4) is 0 Å². The molecule has 0 aliphatic carbocycles. The quantitative estimate of drug-likeness (QED) is 0.856. The SMILES string of the molecule is O=C1C[C@@H](C(=O)Nc2ccc(Br)cc2)c2ccc(F)cc2N1. The third-order valence-corrected chi connectivity index (χ3v) is 4.01. The zero-order chi connectivity index (χ0) is 15.7. The van der Waals surface area contributed by atoms with E-state index in [1.165, 1.54) is 18.2 Å². The normalized spacial score (nSPS) is 16.6. The summed E-state index contributed by atoms with van der Waals surface area (Å²) >= 11 is 3.32. The second-order valence-corrected chi connectivity index (χ2v) is 5.95. The molecule has 2 aromatic carbocycles. The van der Waals surface area contributed by atoms with E-state index >= 15 is 0 Å². The average molecular weight is 363 g/mol. The largest absolute Gasteiger partial charge is 0.326 e. The van der Waals surface area contributed by atoms with Gasteiger partial charge in [0.15, 0.2) is 0 Å². The zero-order valence-electron chi connectivity index (χ0n) is 11.4. The first-order valence-electron chi connectivity index (χ1n) is 6.68. The van der Waals surface area contributed by atoms with E-state index in [0.717, 1.165) is 4.47 Å². The van der Waals surface area contributed by atoms with Crippen LogP contribution in [0.4, 0.5) is 15.8 Å². The van der Waals surface area contributed by atoms with E-state index in [-0.39, 0.29) is 18.2 Å². The molecule has 1 aliphatic rings. The van der Waals surface area contributed by atoms with Gasteiger partial charge in [0.2, 0.25) is 11.8 Å². The Morgan fingerprint density at radius 2 is 1.95 bits per heavy atom. The van der Waals surface area contributed by atoms with E-state index < -0.39 is 11.7 Å². The number of hydrogen-bond donors (Lipinski definition) is 2. The highest BCUT2D eigenvalue weighted by Crippen LogP contribution is 2.33. The van der Waals surface area contributed by atoms with E-state index in [4.69, 9.17) is 0 Å². The molecule has 1 aliphatic heterocycles. The Morgan fingerprint density at radius 1 is 1.23 bits per heavy atom. The topological polar surface area (TPSA) is 58.2 Å². The summed E-state index contributed by atoms with van der Waals surface area (Å²) in [6.45, 7) is 0. The van der Waals surface area contributed by atoms with E-state index in [2.05, 4.69) is 26.6 Å². The van der Waals surface area contributed by atoms with Gasteiger partial charge in [0.1, 0.15) is 5.82 Å². The van der Waals surface area contributed by atoms with Gasteiger partial charge in [0.05, 0.1) is 5.92 Å².